The molecule has 0 aliphatic carbocycles. The molecule has 3 aromatic rings. The van der Waals surface area contributed by atoms with Gasteiger partial charge in [0.05, 0.1) is 17.8 Å². The van der Waals surface area contributed by atoms with E-state index in [0.717, 1.165) is 36.3 Å². The molecule has 0 N–H and O–H groups in total. The van der Waals surface area contributed by atoms with Crippen molar-refractivity contribution in [1.29, 1.82) is 0 Å². The second kappa shape index (κ2) is 8.19. The minimum Gasteiger partial charge on any atom is -0.445 e. The summed E-state index contributed by atoms with van der Waals surface area (Å²) in [6, 6.07) is 8.46. The zero-order valence-electron chi connectivity index (χ0n) is 16.8. The van der Waals surface area contributed by atoms with Crippen LogP contribution in [0.1, 0.15) is 47.4 Å². The standard InChI is InChI=1S/C22H25FN4O2/c1-15-9-16(2)27(25-15)14-21(28)26-8-4-6-18(13-26)22-24-12-20(29-22)11-17-5-3-7-19(23)10-17/h3,5,7,9-10,12,18H,4,6,8,11,13-14H2,1-2H3/t18-/m0/s1. The molecule has 3 heterocycles. The van der Waals surface area contributed by atoms with Crippen LogP contribution in [-0.4, -0.2) is 38.7 Å². The van der Waals surface area contributed by atoms with Gasteiger partial charge in [0, 0.05) is 25.2 Å². The number of oxazole rings is 1. The molecule has 1 saturated heterocycles. The number of aromatic nitrogens is 3. The van der Waals surface area contributed by atoms with Gasteiger partial charge in [-0.1, -0.05) is 12.1 Å². The fraction of sp³-hybridized carbons (Fsp3) is 0.409. The molecule has 0 unspecified atom stereocenters. The van der Waals surface area contributed by atoms with Gasteiger partial charge in [0.2, 0.25) is 5.91 Å². The largest absolute Gasteiger partial charge is 0.445 e. The van der Waals surface area contributed by atoms with Gasteiger partial charge in [0.15, 0.2) is 5.89 Å². The molecule has 1 aliphatic heterocycles. The topological polar surface area (TPSA) is 64.2 Å². The quantitative estimate of drug-likeness (QED) is 0.661. The van der Waals surface area contributed by atoms with Gasteiger partial charge in [-0.25, -0.2) is 9.37 Å². The van der Waals surface area contributed by atoms with Crippen molar-refractivity contribution < 1.29 is 13.6 Å². The van der Waals surface area contributed by atoms with E-state index in [1.54, 1.807) is 16.9 Å². The monoisotopic (exact) mass is 396 g/mol. The normalized spacial score (nSPS) is 16.9. The van der Waals surface area contributed by atoms with Crippen LogP contribution in [0.15, 0.2) is 40.9 Å². The van der Waals surface area contributed by atoms with Crippen molar-refractivity contribution in [2.24, 2.45) is 0 Å². The Balaban J connectivity index is 1.40. The van der Waals surface area contributed by atoms with Gasteiger partial charge < -0.3 is 9.32 Å². The number of aryl methyl sites for hydroxylation is 2. The first kappa shape index (κ1) is 19.4. The molecular formula is C22H25FN4O2. The van der Waals surface area contributed by atoms with E-state index in [-0.39, 0.29) is 24.2 Å². The molecule has 0 spiro atoms. The molecule has 1 atom stereocenters. The van der Waals surface area contributed by atoms with Gasteiger partial charge >= 0.3 is 0 Å². The molecule has 0 bridgehead atoms. The molecular weight excluding hydrogens is 371 g/mol. The van der Waals surface area contributed by atoms with Crippen LogP contribution >= 0.6 is 0 Å². The first-order valence-corrected chi connectivity index (χ1v) is 9.96. The summed E-state index contributed by atoms with van der Waals surface area (Å²) in [5, 5.41) is 4.38. The Morgan fingerprint density at radius 3 is 2.93 bits per heavy atom. The predicted molar refractivity (Wildman–Crippen MR) is 106 cm³/mol. The Morgan fingerprint density at radius 1 is 1.31 bits per heavy atom. The fourth-order valence-electron chi connectivity index (χ4n) is 3.91. The minimum atomic E-state index is -0.258. The Labute approximate surface area is 169 Å². The summed E-state index contributed by atoms with van der Waals surface area (Å²) >= 11 is 0. The number of amides is 1. The highest BCUT2D eigenvalue weighted by Crippen LogP contribution is 2.27. The maximum atomic E-state index is 13.4. The Kier molecular flexibility index (Phi) is 5.47. The van der Waals surface area contributed by atoms with Crippen molar-refractivity contribution in [3.8, 4) is 0 Å². The van der Waals surface area contributed by atoms with E-state index in [0.29, 0.717) is 24.6 Å². The summed E-state index contributed by atoms with van der Waals surface area (Å²) in [5.41, 5.74) is 2.74. The van der Waals surface area contributed by atoms with Gasteiger partial charge in [-0.05, 0) is 50.5 Å². The van der Waals surface area contributed by atoms with Crippen LogP contribution in [0.2, 0.25) is 0 Å². The summed E-state index contributed by atoms with van der Waals surface area (Å²) in [4.78, 5) is 19.1. The Morgan fingerprint density at radius 2 is 2.17 bits per heavy atom. The number of hydrogen-bond acceptors (Lipinski definition) is 4. The number of hydrogen-bond donors (Lipinski definition) is 0. The van der Waals surface area contributed by atoms with Crippen LogP contribution in [-0.2, 0) is 17.8 Å². The molecule has 7 heteroatoms. The molecule has 0 saturated carbocycles. The van der Waals surface area contributed by atoms with Crippen molar-refractivity contribution in [3.63, 3.8) is 0 Å². The van der Waals surface area contributed by atoms with Crippen LogP contribution in [0.5, 0.6) is 0 Å². The van der Waals surface area contributed by atoms with E-state index in [4.69, 9.17) is 4.42 Å². The molecule has 1 amide bonds. The summed E-state index contributed by atoms with van der Waals surface area (Å²) in [6.07, 6.45) is 4.05. The number of halogens is 1. The highest BCUT2D eigenvalue weighted by atomic mass is 19.1. The molecule has 29 heavy (non-hydrogen) atoms. The number of benzene rings is 1. The molecule has 1 aliphatic rings. The van der Waals surface area contributed by atoms with Gasteiger partial charge in [0.1, 0.15) is 18.1 Å². The van der Waals surface area contributed by atoms with E-state index in [9.17, 15) is 9.18 Å². The van der Waals surface area contributed by atoms with E-state index in [1.165, 1.54) is 12.1 Å². The van der Waals surface area contributed by atoms with Gasteiger partial charge in [-0.15, -0.1) is 0 Å². The van der Waals surface area contributed by atoms with E-state index in [1.807, 2.05) is 30.9 Å². The fourth-order valence-corrected chi connectivity index (χ4v) is 3.91. The zero-order chi connectivity index (χ0) is 20.4. The van der Waals surface area contributed by atoms with Crippen molar-refractivity contribution in [1.82, 2.24) is 19.7 Å². The highest BCUT2D eigenvalue weighted by Gasteiger charge is 2.28. The Bertz CT molecular complexity index is 1010. The van der Waals surface area contributed by atoms with E-state index < -0.39 is 0 Å². The van der Waals surface area contributed by atoms with Crippen LogP contribution < -0.4 is 0 Å². The lowest BCUT2D eigenvalue weighted by Crippen LogP contribution is -2.41. The summed E-state index contributed by atoms with van der Waals surface area (Å²) < 4.78 is 21.1. The van der Waals surface area contributed by atoms with Crippen LogP contribution in [0.4, 0.5) is 4.39 Å². The van der Waals surface area contributed by atoms with Gasteiger partial charge in [-0.3, -0.25) is 9.48 Å². The molecule has 1 aromatic carbocycles. The van der Waals surface area contributed by atoms with Crippen molar-refractivity contribution >= 4 is 5.91 Å². The average molecular weight is 396 g/mol. The summed E-state index contributed by atoms with van der Waals surface area (Å²) in [5.74, 6) is 1.24. The van der Waals surface area contributed by atoms with Crippen molar-refractivity contribution in [3.05, 3.63) is 70.9 Å². The van der Waals surface area contributed by atoms with E-state index >= 15 is 0 Å². The zero-order valence-corrected chi connectivity index (χ0v) is 16.8. The lowest BCUT2D eigenvalue weighted by Gasteiger charge is -2.31. The van der Waals surface area contributed by atoms with Gasteiger partial charge in [0.25, 0.3) is 0 Å². The third-order valence-electron chi connectivity index (χ3n) is 5.35. The van der Waals surface area contributed by atoms with Crippen LogP contribution in [0.3, 0.4) is 0 Å². The first-order valence-electron chi connectivity index (χ1n) is 9.96. The first-order chi connectivity index (χ1) is 14.0. The van der Waals surface area contributed by atoms with Crippen molar-refractivity contribution in [2.75, 3.05) is 13.1 Å². The number of piperidine rings is 1. The maximum Gasteiger partial charge on any atom is 0.244 e. The highest BCUT2D eigenvalue weighted by molar-refractivity contribution is 5.76. The Hall–Kier alpha value is -2.96. The minimum absolute atomic E-state index is 0.0624. The molecule has 2 aromatic heterocycles. The average Bonchev–Trinajstić information content (AvgIpc) is 3.28. The SMILES string of the molecule is Cc1cc(C)n(CC(=O)N2CCC[C@H](c3ncc(Cc4cccc(F)c4)o3)C2)n1. The number of carbonyl (C=O) groups is 1. The molecule has 1 fully saturated rings. The second-order valence-corrected chi connectivity index (χ2v) is 7.74. The third-order valence-corrected chi connectivity index (χ3v) is 5.35. The molecule has 152 valence electrons. The number of likely N-dealkylation sites (tertiary alicyclic amines) is 1. The summed E-state index contributed by atoms with van der Waals surface area (Å²) in [6.45, 7) is 5.47. The van der Waals surface area contributed by atoms with Crippen LogP contribution in [0.25, 0.3) is 0 Å². The smallest absolute Gasteiger partial charge is 0.244 e. The summed E-state index contributed by atoms with van der Waals surface area (Å²) in [7, 11) is 0. The molecule has 0 radical (unpaired) electrons. The predicted octanol–water partition coefficient (Wildman–Crippen LogP) is 3.62. The van der Waals surface area contributed by atoms with E-state index in [2.05, 4.69) is 10.1 Å². The number of rotatable bonds is 5. The number of nitrogens with zero attached hydrogens (tertiary/aromatic N) is 4. The van der Waals surface area contributed by atoms with Crippen LogP contribution in [0, 0.1) is 19.7 Å². The molecule has 4 rings (SSSR count). The lowest BCUT2D eigenvalue weighted by atomic mass is 9.98. The van der Waals surface area contributed by atoms with Gasteiger partial charge in [-0.2, -0.15) is 5.10 Å². The maximum absolute atomic E-state index is 13.4. The number of carbonyl (C=O) groups excluding carboxylic acids is 1. The third kappa shape index (κ3) is 4.55. The second-order valence-electron chi connectivity index (χ2n) is 7.74. The molecule has 6 nitrogen and oxygen atoms in total. The lowest BCUT2D eigenvalue weighted by molar-refractivity contribution is -0.133. The van der Waals surface area contributed by atoms with Crippen molar-refractivity contribution in [2.45, 2.75) is 45.6 Å².